The van der Waals surface area contributed by atoms with Crippen molar-refractivity contribution < 1.29 is 4.79 Å². The number of carbonyl (C=O) groups is 1. The van der Waals surface area contributed by atoms with Gasteiger partial charge in [0.05, 0.1) is 5.56 Å². The fourth-order valence-electron chi connectivity index (χ4n) is 1.97. The van der Waals surface area contributed by atoms with Crippen LogP contribution in [0.3, 0.4) is 0 Å². The van der Waals surface area contributed by atoms with Gasteiger partial charge in [-0.15, -0.1) is 0 Å². The summed E-state index contributed by atoms with van der Waals surface area (Å²) < 4.78 is 0. The van der Waals surface area contributed by atoms with Crippen molar-refractivity contribution in [2.75, 3.05) is 37.8 Å². The smallest absolute Gasteiger partial charge is 0.259 e. The van der Waals surface area contributed by atoms with Gasteiger partial charge in [0.2, 0.25) is 0 Å². The second kappa shape index (κ2) is 8.09. The lowest BCUT2D eigenvalue weighted by Crippen LogP contribution is -2.19. The minimum atomic E-state index is -0.186. The molecule has 0 bridgehead atoms. The fraction of sp³-hybridized carbons (Fsp3) is 0.312. The molecule has 22 heavy (non-hydrogen) atoms. The van der Waals surface area contributed by atoms with Gasteiger partial charge in [0.15, 0.2) is 0 Å². The number of nitrogens with one attached hydrogen (secondary N) is 2. The Hall–Kier alpha value is -2.47. The Morgan fingerprint density at radius 2 is 1.95 bits per heavy atom. The molecule has 116 valence electrons. The number of nitrogens with zero attached hydrogens (tertiary/aromatic N) is 3. The van der Waals surface area contributed by atoms with Crippen molar-refractivity contribution in [2.24, 2.45) is 0 Å². The average Bonchev–Trinajstić information content (AvgIpc) is 2.52. The minimum absolute atomic E-state index is 0.186. The molecular formula is C16H21N5O. The standard InChI is InChI=1S/C16H21N5O/c1-21(2)12-4-9-19-15-14(5-3-8-18-15)16(22)20-13-6-10-17-11-7-13/h3,5-8,10-11H,4,9,12H2,1-2H3,(H,18,19)(H,17,20,22). The molecule has 0 atom stereocenters. The van der Waals surface area contributed by atoms with Gasteiger partial charge in [0.1, 0.15) is 5.82 Å². The second-order valence-corrected chi connectivity index (χ2v) is 5.17. The number of hydrogen-bond donors (Lipinski definition) is 2. The molecule has 2 aromatic heterocycles. The van der Waals surface area contributed by atoms with Gasteiger partial charge < -0.3 is 15.5 Å². The van der Waals surface area contributed by atoms with E-state index in [1.165, 1.54) is 0 Å². The van der Waals surface area contributed by atoms with Crippen molar-refractivity contribution in [1.82, 2.24) is 14.9 Å². The molecule has 0 fully saturated rings. The Bertz CT molecular complexity index is 600. The summed E-state index contributed by atoms with van der Waals surface area (Å²) in [6.07, 6.45) is 5.94. The third kappa shape index (κ3) is 4.82. The van der Waals surface area contributed by atoms with Crippen LogP contribution < -0.4 is 10.6 Å². The monoisotopic (exact) mass is 299 g/mol. The molecule has 0 spiro atoms. The van der Waals surface area contributed by atoms with E-state index in [4.69, 9.17) is 0 Å². The van der Waals surface area contributed by atoms with Gasteiger partial charge in [-0.05, 0) is 51.3 Å². The van der Waals surface area contributed by atoms with E-state index in [0.29, 0.717) is 17.1 Å². The summed E-state index contributed by atoms with van der Waals surface area (Å²) in [6.45, 7) is 1.75. The predicted octanol–water partition coefficient (Wildman–Crippen LogP) is 2.09. The van der Waals surface area contributed by atoms with Crippen LogP contribution in [0.4, 0.5) is 11.5 Å². The van der Waals surface area contributed by atoms with Crippen molar-refractivity contribution in [3.05, 3.63) is 48.4 Å². The maximum Gasteiger partial charge on any atom is 0.259 e. The zero-order valence-corrected chi connectivity index (χ0v) is 12.9. The normalized spacial score (nSPS) is 10.5. The van der Waals surface area contributed by atoms with Gasteiger partial charge in [0.25, 0.3) is 5.91 Å². The number of carbonyl (C=O) groups excluding carboxylic acids is 1. The molecule has 0 saturated heterocycles. The summed E-state index contributed by atoms with van der Waals surface area (Å²) in [4.78, 5) is 22.7. The summed E-state index contributed by atoms with van der Waals surface area (Å²) in [5.74, 6) is 0.419. The summed E-state index contributed by atoms with van der Waals surface area (Å²) >= 11 is 0. The first kappa shape index (κ1) is 15.9. The van der Waals surface area contributed by atoms with Crippen LogP contribution in [-0.4, -0.2) is 48.0 Å². The van der Waals surface area contributed by atoms with Crippen LogP contribution in [0.15, 0.2) is 42.9 Å². The first-order valence-corrected chi connectivity index (χ1v) is 7.22. The van der Waals surface area contributed by atoms with Crippen LogP contribution in [-0.2, 0) is 0 Å². The van der Waals surface area contributed by atoms with E-state index < -0.39 is 0 Å². The number of rotatable bonds is 7. The highest BCUT2D eigenvalue weighted by Crippen LogP contribution is 2.14. The lowest BCUT2D eigenvalue weighted by molar-refractivity contribution is 0.102. The van der Waals surface area contributed by atoms with Gasteiger partial charge >= 0.3 is 0 Å². The average molecular weight is 299 g/mol. The third-order valence-electron chi connectivity index (χ3n) is 3.07. The largest absolute Gasteiger partial charge is 0.369 e. The number of aromatic nitrogens is 2. The van der Waals surface area contributed by atoms with E-state index in [9.17, 15) is 4.79 Å². The molecule has 0 aliphatic heterocycles. The zero-order chi connectivity index (χ0) is 15.8. The van der Waals surface area contributed by atoms with Crippen molar-refractivity contribution in [3.8, 4) is 0 Å². The highest BCUT2D eigenvalue weighted by molar-refractivity contribution is 6.07. The molecule has 2 rings (SSSR count). The number of hydrogen-bond acceptors (Lipinski definition) is 5. The quantitative estimate of drug-likeness (QED) is 0.766. The van der Waals surface area contributed by atoms with Crippen LogP contribution in [0.25, 0.3) is 0 Å². The third-order valence-corrected chi connectivity index (χ3v) is 3.07. The maximum atomic E-state index is 12.4. The van der Waals surface area contributed by atoms with Crippen molar-refractivity contribution >= 4 is 17.4 Å². The summed E-state index contributed by atoms with van der Waals surface area (Å²) in [6, 6.07) is 7.02. The molecule has 0 aromatic carbocycles. The summed E-state index contributed by atoms with van der Waals surface area (Å²) in [7, 11) is 4.07. The minimum Gasteiger partial charge on any atom is -0.369 e. The Morgan fingerprint density at radius 1 is 1.18 bits per heavy atom. The summed E-state index contributed by atoms with van der Waals surface area (Å²) in [5.41, 5.74) is 1.24. The van der Waals surface area contributed by atoms with Crippen LogP contribution in [0.1, 0.15) is 16.8 Å². The Kier molecular flexibility index (Phi) is 5.85. The molecule has 1 amide bonds. The predicted molar refractivity (Wildman–Crippen MR) is 88.1 cm³/mol. The molecule has 6 heteroatoms. The van der Waals surface area contributed by atoms with E-state index in [-0.39, 0.29) is 5.91 Å². The Labute approximate surface area is 130 Å². The first-order chi connectivity index (χ1) is 10.7. The Balaban J connectivity index is 1.99. The lowest BCUT2D eigenvalue weighted by atomic mass is 10.2. The molecule has 0 saturated carbocycles. The second-order valence-electron chi connectivity index (χ2n) is 5.17. The van der Waals surface area contributed by atoms with Gasteiger partial charge in [-0.25, -0.2) is 4.98 Å². The van der Waals surface area contributed by atoms with Crippen molar-refractivity contribution in [3.63, 3.8) is 0 Å². The van der Waals surface area contributed by atoms with E-state index in [2.05, 4.69) is 25.5 Å². The molecule has 2 N–H and O–H groups in total. The van der Waals surface area contributed by atoms with Gasteiger partial charge in [0, 0.05) is 30.8 Å². The highest BCUT2D eigenvalue weighted by Gasteiger charge is 2.12. The summed E-state index contributed by atoms with van der Waals surface area (Å²) in [5, 5.41) is 6.06. The van der Waals surface area contributed by atoms with Gasteiger partial charge in [-0.1, -0.05) is 0 Å². The molecular weight excluding hydrogens is 278 g/mol. The van der Waals surface area contributed by atoms with Crippen LogP contribution in [0.2, 0.25) is 0 Å². The van der Waals surface area contributed by atoms with Gasteiger partial charge in [-0.2, -0.15) is 0 Å². The van der Waals surface area contributed by atoms with Crippen molar-refractivity contribution in [1.29, 1.82) is 0 Å². The molecule has 0 aliphatic rings. The van der Waals surface area contributed by atoms with Crippen LogP contribution in [0, 0.1) is 0 Å². The first-order valence-electron chi connectivity index (χ1n) is 7.22. The van der Waals surface area contributed by atoms with Crippen molar-refractivity contribution in [2.45, 2.75) is 6.42 Å². The highest BCUT2D eigenvalue weighted by atomic mass is 16.1. The van der Waals surface area contributed by atoms with Crippen LogP contribution >= 0.6 is 0 Å². The van der Waals surface area contributed by atoms with E-state index in [0.717, 1.165) is 19.5 Å². The molecule has 0 unspecified atom stereocenters. The lowest BCUT2D eigenvalue weighted by Gasteiger charge is -2.12. The topological polar surface area (TPSA) is 70.2 Å². The number of amides is 1. The van der Waals surface area contributed by atoms with E-state index in [1.54, 1.807) is 42.9 Å². The van der Waals surface area contributed by atoms with E-state index >= 15 is 0 Å². The van der Waals surface area contributed by atoms with Gasteiger partial charge in [-0.3, -0.25) is 9.78 Å². The number of pyridine rings is 2. The molecule has 0 radical (unpaired) electrons. The number of anilines is 2. The fourth-order valence-corrected chi connectivity index (χ4v) is 1.97. The Morgan fingerprint density at radius 3 is 2.68 bits per heavy atom. The molecule has 0 aliphatic carbocycles. The van der Waals surface area contributed by atoms with E-state index in [1.807, 2.05) is 14.1 Å². The SMILES string of the molecule is CN(C)CCCNc1ncccc1C(=O)Nc1ccncc1. The molecule has 6 nitrogen and oxygen atoms in total. The molecule has 2 heterocycles. The maximum absolute atomic E-state index is 12.4. The molecule has 2 aromatic rings. The zero-order valence-electron chi connectivity index (χ0n) is 12.9. The van der Waals surface area contributed by atoms with Crippen LogP contribution in [0.5, 0.6) is 0 Å².